The van der Waals surface area contributed by atoms with Gasteiger partial charge in [-0.15, -0.1) is 0 Å². The van der Waals surface area contributed by atoms with Crippen molar-refractivity contribution in [3.8, 4) is 0 Å². The minimum Gasteiger partial charge on any atom is -0.390 e. The SMILES string of the molecule is CC(=O)NCCC(O)C(O)c1ccc([N+](=O)[O-])c2cccnc12. The minimum absolute atomic E-state index is 0.114. The molecule has 2 rings (SSSR count). The first kappa shape index (κ1) is 16.8. The summed E-state index contributed by atoms with van der Waals surface area (Å²) in [5, 5.41) is 34.3. The summed E-state index contributed by atoms with van der Waals surface area (Å²) in [6.45, 7) is 1.57. The number of hydrogen-bond donors (Lipinski definition) is 3. The third-order valence-corrected chi connectivity index (χ3v) is 3.47. The molecule has 1 aromatic carbocycles. The van der Waals surface area contributed by atoms with Crippen LogP contribution in [0.15, 0.2) is 30.5 Å². The van der Waals surface area contributed by atoms with Crippen molar-refractivity contribution in [2.75, 3.05) is 6.54 Å². The van der Waals surface area contributed by atoms with E-state index in [4.69, 9.17) is 0 Å². The summed E-state index contributed by atoms with van der Waals surface area (Å²) in [5.74, 6) is -0.228. The van der Waals surface area contributed by atoms with Gasteiger partial charge in [-0.25, -0.2) is 0 Å². The topological polar surface area (TPSA) is 126 Å². The molecule has 122 valence electrons. The fourth-order valence-corrected chi connectivity index (χ4v) is 2.34. The number of carbonyl (C=O) groups excluding carboxylic acids is 1. The number of aliphatic hydroxyl groups excluding tert-OH is 2. The number of nitrogens with one attached hydrogen (secondary N) is 1. The van der Waals surface area contributed by atoms with Crippen LogP contribution >= 0.6 is 0 Å². The van der Waals surface area contributed by atoms with Gasteiger partial charge in [0.15, 0.2) is 0 Å². The molecule has 2 atom stereocenters. The van der Waals surface area contributed by atoms with E-state index in [1.165, 1.54) is 25.3 Å². The van der Waals surface area contributed by atoms with E-state index in [2.05, 4.69) is 10.3 Å². The lowest BCUT2D eigenvalue weighted by atomic mass is 9.98. The van der Waals surface area contributed by atoms with Crippen molar-refractivity contribution in [1.29, 1.82) is 0 Å². The highest BCUT2D eigenvalue weighted by molar-refractivity contribution is 5.90. The molecule has 0 aliphatic rings. The Morgan fingerprint density at radius 2 is 2.13 bits per heavy atom. The molecule has 2 unspecified atom stereocenters. The first-order chi connectivity index (χ1) is 10.9. The van der Waals surface area contributed by atoms with Crippen molar-refractivity contribution in [3.63, 3.8) is 0 Å². The standard InChI is InChI=1S/C15H17N3O5/c1-9(19)16-8-6-13(20)15(21)11-4-5-12(18(22)23)10-3-2-7-17-14(10)11/h2-5,7,13,15,20-21H,6,8H2,1H3,(H,16,19). The van der Waals surface area contributed by atoms with Crippen molar-refractivity contribution < 1.29 is 19.9 Å². The van der Waals surface area contributed by atoms with Gasteiger partial charge in [-0.05, 0) is 24.6 Å². The molecule has 2 aromatic rings. The van der Waals surface area contributed by atoms with Crippen LogP contribution < -0.4 is 5.32 Å². The Hall–Kier alpha value is -2.58. The van der Waals surface area contributed by atoms with Gasteiger partial charge < -0.3 is 15.5 Å². The molecule has 0 radical (unpaired) electrons. The second-order valence-electron chi connectivity index (χ2n) is 5.11. The van der Waals surface area contributed by atoms with Crippen molar-refractivity contribution >= 4 is 22.5 Å². The molecule has 0 saturated heterocycles. The molecule has 0 bridgehead atoms. The molecule has 8 nitrogen and oxygen atoms in total. The van der Waals surface area contributed by atoms with Crippen LogP contribution in [0.25, 0.3) is 10.9 Å². The Morgan fingerprint density at radius 1 is 1.39 bits per heavy atom. The van der Waals surface area contributed by atoms with Crippen LogP contribution in [0.2, 0.25) is 0 Å². The van der Waals surface area contributed by atoms with E-state index < -0.39 is 17.1 Å². The van der Waals surface area contributed by atoms with Crippen LogP contribution in [0, 0.1) is 10.1 Å². The van der Waals surface area contributed by atoms with Gasteiger partial charge in [0.05, 0.1) is 21.9 Å². The summed E-state index contributed by atoms with van der Waals surface area (Å²) in [7, 11) is 0. The number of hydrogen-bond acceptors (Lipinski definition) is 6. The largest absolute Gasteiger partial charge is 0.390 e. The van der Waals surface area contributed by atoms with Gasteiger partial charge in [-0.2, -0.15) is 0 Å². The first-order valence-corrected chi connectivity index (χ1v) is 7.04. The maximum Gasteiger partial charge on any atom is 0.278 e. The normalized spacial score (nSPS) is 13.5. The van der Waals surface area contributed by atoms with E-state index in [1.54, 1.807) is 12.1 Å². The van der Waals surface area contributed by atoms with Crippen LogP contribution in [-0.2, 0) is 4.79 Å². The molecule has 1 heterocycles. The highest BCUT2D eigenvalue weighted by Crippen LogP contribution is 2.31. The fourth-order valence-electron chi connectivity index (χ4n) is 2.34. The zero-order valence-corrected chi connectivity index (χ0v) is 12.5. The van der Waals surface area contributed by atoms with E-state index in [0.717, 1.165) is 0 Å². The lowest BCUT2D eigenvalue weighted by Crippen LogP contribution is -2.27. The quantitative estimate of drug-likeness (QED) is 0.540. The maximum atomic E-state index is 11.1. The number of benzene rings is 1. The Balaban J connectivity index is 2.30. The summed E-state index contributed by atoms with van der Waals surface area (Å²) in [6.07, 6.45) is -0.784. The molecule has 0 saturated carbocycles. The number of pyridine rings is 1. The third-order valence-electron chi connectivity index (χ3n) is 3.47. The number of carbonyl (C=O) groups is 1. The molecular weight excluding hydrogens is 302 g/mol. The number of amides is 1. The van der Waals surface area contributed by atoms with Crippen molar-refractivity contribution in [3.05, 3.63) is 46.1 Å². The summed E-state index contributed by atoms with van der Waals surface area (Å²) >= 11 is 0. The second-order valence-corrected chi connectivity index (χ2v) is 5.11. The van der Waals surface area contributed by atoms with E-state index in [1.807, 2.05) is 0 Å². The highest BCUT2D eigenvalue weighted by atomic mass is 16.6. The predicted molar refractivity (Wildman–Crippen MR) is 82.7 cm³/mol. The van der Waals surface area contributed by atoms with Crippen LogP contribution in [0.3, 0.4) is 0 Å². The zero-order valence-electron chi connectivity index (χ0n) is 12.5. The zero-order chi connectivity index (χ0) is 17.0. The first-order valence-electron chi connectivity index (χ1n) is 7.04. The van der Waals surface area contributed by atoms with Gasteiger partial charge >= 0.3 is 0 Å². The predicted octanol–water partition coefficient (Wildman–Crippen LogP) is 1.06. The summed E-state index contributed by atoms with van der Waals surface area (Å²) in [4.78, 5) is 25.4. The highest BCUT2D eigenvalue weighted by Gasteiger charge is 2.24. The Morgan fingerprint density at radius 3 is 2.78 bits per heavy atom. The van der Waals surface area contributed by atoms with Gasteiger partial charge in [0.2, 0.25) is 5.91 Å². The van der Waals surface area contributed by atoms with E-state index in [0.29, 0.717) is 10.9 Å². The van der Waals surface area contributed by atoms with E-state index in [9.17, 15) is 25.1 Å². The number of nitrogens with zero attached hydrogens (tertiary/aromatic N) is 2. The van der Waals surface area contributed by atoms with Crippen molar-refractivity contribution in [2.45, 2.75) is 25.6 Å². The van der Waals surface area contributed by atoms with Gasteiger partial charge in [0.25, 0.3) is 5.69 Å². The molecule has 0 aliphatic carbocycles. The molecular formula is C15H17N3O5. The third kappa shape index (κ3) is 3.79. The number of nitro groups is 1. The molecule has 23 heavy (non-hydrogen) atoms. The molecule has 0 spiro atoms. The molecule has 0 aliphatic heterocycles. The Labute approximate surface area is 131 Å². The van der Waals surface area contributed by atoms with Crippen LogP contribution in [-0.4, -0.2) is 38.7 Å². The van der Waals surface area contributed by atoms with E-state index >= 15 is 0 Å². The number of nitro benzene ring substituents is 1. The Kier molecular flexibility index (Phi) is 5.20. The minimum atomic E-state index is -1.26. The number of fused-ring (bicyclic) bond motifs is 1. The summed E-state index contributed by atoms with van der Waals surface area (Å²) < 4.78 is 0. The smallest absolute Gasteiger partial charge is 0.278 e. The van der Waals surface area contributed by atoms with Gasteiger partial charge in [-0.3, -0.25) is 19.9 Å². The average molecular weight is 319 g/mol. The average Bonchev–Trinajstić information content (AvgIpc) is 2.52. The second kappa shape index (κ2) is 7.12. The fraction of sp³-hybridized carbons (Fsp3) is 0.333. The monoisotopic (exact) mass is 319 g/mol. The van der Waals surface area contributed by atoms with Crippen molar-refractivity contribution in [2.24, 2.45) is 0 Å². The summed E-state index contributed by atoms with van der Waals surface area (Å²) in [5.41, 5.74) is 0.464. The van der Waals surface area contributed by atoms with Crippen LogP contribution in [0.1, 0.15) is 25.0 Å². The lowest BCUT2D eigenvalue weighted by Gasteiger charge is -2.19. The maximum absolute atomic E-state index is 11.1. The molecule has 3 N–H and O–H groups in total. The molecule has 8 heteroatoms. The molecule has 1 amide bonds. The number of non-ortho nitro benzene ring substituents is 1. The number of rotatable bonds is 6. The van der Waals surface area contributed by atoms with Gasteiger partial charge in [0.1, 0.15) is 6.10 Å². The van der Waals surface area contributed by atoms with Gasteiger partial charge in [-0.1, -0.05) is 0 Å². The molecule has 0 fully saturated rings. The van der Waals surface area contributed by atoms with Crippen molar-refractivity contribution in [1.82, 2.24) is 10.3 Å². The van der Waals surface area contributed by atoms with Crippen LogP contribution in [0.4, 0.5) is 5.69 Å². The lowest BCUT2D eigenvalue weighted by molar-refractivity contribution is -0.383. The number of aromatic nitrogens is 1. The van der Waals surface area contributed by atoms with Gasteiger partial charge in [0, 0.05) is 31.3 Å². The molecule has 1 aromatic heterocycles. The number of aliphatic hydroxyl groups is 2. The van der Waals surface area contributed by atoms with E-state index in [-0.39, 0.29) is 30.1 Å². The summed E-state index contributed by atoms with van der Waals surface area (Å²) in [6, 6.07) is 5.78. The Bertz CT molecular complexity index is 734. The van der Waals surface area contributed by atoms with Crippen LogP contribution in [0.5, 0.6) is 0 Å².